The lowest BCUT2D eigenvalue weighted by Gasteiger charge is -2.37. The number of rotatable bonds is 6. The number of hydrogen-bond donors (Lipinski definition) is 1. The van der Waals surface area contributed by atoms with Gasteiger partial charge in [-0.3, -0.25) is 0 Å². The summed E-state index contributed by atoms with van der Waals surface area (Å²) in [5, 5.41) is 0. The topological polar surface area (TPSA) is 44.5 Å². The van der Waals surface area contributed by atoms with E-state index in [1.807, 2.05) is 12.1 Å². The van der Waals surface area contributed by atoms with E-state index in [1.54, 1.807) is 0 Å². The molecule has 1 atom stereocenters. The predicted molar refractivity (Wildman–Crippen MR) is 77.4 cm³/mol. The van der Waals surface area contributed by atoms with Crippen molar-refractivity contribution < 1.29 is 9.47 Å². The Labute approximate surface area is 116 Å². The lowest BCUT2D eigenvalue weighted by Crippen LogP contribution is -2.42. The molecule has 1 aromatic rings. The number of benzene rings is 1. The lowest BCUT2D eigenvalue weighted by molar-refractivity contribution is 0.0491. The largest absolute Gasteiger partial charge is 0.493 e. The van der Waals surface area contributed by atoms with Crippen molar-refractivity contribution in [2.75, 3.05) is 26.4 Å². The summed E-state index contributed by atoms with van der Waals surface area (Å²) in [6.45, 7) is 7.26. The maximum atomic E-state index is 6.00. The van der Waals surface area contributed by atoms with Crippen molar-refractivity contribution in [2.45, 2.75) is 26.7 Å². The zero-order chi connectivity index (χ0) is 13.7. The van der Waals surface area contributed by atoms with Gasteiger partial charge in [0, 0.05) is 25.2 Å². The fraction of sp³-hybridized carbons (Fsp3) is 0.625. The SMILES string of the molecule is CC(C)COCCC1(CN)COc2ccccc2C1. The number of fused-ring (bicyclic) bond motifs is 1. The van der Waals surface area contributed by atoms with E-state index >= 15 is 0 Å². The first-order chi connectivity index (χ1) is 9.15. The van der Waals surface area contributed by atoms with Crippen LogP contribution >= 0.6 is 0 Å². The fourth-order valence-electron chi connectivity index (χ4n) is 2.48. The average Bonchev–Trinajstić information content (AvgIpc) is 2.43. The molecule has 0 aromatic heterocycles. The zero-order valence-electron chi connectivity index (χ0n) is 12.0. The second-order valence-electron chi connectivity index (χ2n) is 6.00. The van der Waals surface area contributed by atoms with Gasteiger partial charge in [0.25, 0.3) is 0 Å². The molecule has 106 valence electrons. The van der Waals surface area contributed by atoms with Crippen LogP contribution in [-0.2, 0) is 11.2 Å². The van der Waals surface area contributed by atoms with Crippen LogP contribution in [0.25, 0.3) is 0 Å². The van der Waals surface area contributed by atoms with Crippen LogP contribution in [0.15, 0.2) is 24.3 Å². The Balaban J connectivity index is 1.93. The smallest absolute Gasteiger partial charge is 0.122 e. The van der Waals surface area contributed by atoms with Crippen molar-refractivity contribution in [3.8, 4) is 5.75 Å². The van der Waals surface area contributed by atoms with Crippen LogP contribution in [0.4, 0.5) is 0 Å². The third kappa shape index (κ3) is 3.71. The summed E-state index contributed by atoms with van der Waals surface area (Å²) in [5.41, 5.74) is 7.30. The molecule has 1 aliphatic heterocycles. The molecule has 0 amide bonds. The minimum absolute atomic E-state index is 0.0331. The van der Waals surface area contributed by atoms with E-state index in [9.17, 15) is 0 Å². The van der Waals surface area contributed by atoms with Gasteiger partial charge in [0.2, 0.25) is 0 Å². The molecule has 2 rings (SSSR count). The van der Waals surface area contributed by atoms with Gasteiger partial charge >= 0.3 is 0 Å². The number of hydrogen-bond acceptors (Lipinski definition) is 3. The van der Waals surface area contributed by atoms with Crippen LogP contribution < -0.4 is 10.5 Å². The van der Waals surface area contributed by atoms with Gasteiger partial charge in [-0.2, -0.15) is 0 Å². The molecular weight excluding hydrogens is 238 g/mol. The molecule has 0 spiro atoms. The Hall–Kier alpha value is -1.06. The molecule has 1 aromatic carbocycles. The van der Waals surface area contributed by atoms with Gasteiger partial charge in [0.15, 0.2) is 0 Å². The summed E-state index contributed by atoms with van der Waals surface area (Å²) in [6, 6.07) is 8.24. The van der Waals surface area contributed by atoms with Crippen LogP contribution in [0, 0.1) is 11.3 Å². The summed E-state index contributed by atoms with van der Waals surface area (Å²) in [6.07, 6.45) is 1.95. The lowest BCUT2D eigenvalue weighted by atomic mass is 9.78. The van der Waals surface area contributed by atoms with E-state index in [-0.39, 0.29) is 5.41 Å². The normalized spacial score (nSPS) is 22.1. The van der Waals surface area contributed by atoms with Crippen molar-refractivity contribution in [1.82, 2.24) is 0 Å². The number of para-hydroxylation sites is 1. The minimum atomic E-state index is 0.0331. The highest BCUT2D eigenvalue weighted by Crippen LogP contribution is 2.36. The highest BCUT2D eigenvalue weighted by atomic mass is 16.5. The molecule has 2 N–H and O–H groups in total. The molecular formula is C16H25NO2. The molecule has 0 bridgehead atoms. The van der Waals surface area contributed by atoms with Crippen LogP contribution in [0.1, 0.15) is 25.8 Å². The second-order valence-corrected chi connectivity index (χ2v) is 6.00. The molecule has 0 saturated carbocycles. The van der Waals surface area contributed by atoms with Gasteiger partial charge in [-0.05, 0) is 30.4 Å². The fourth-order valence-corrected chi connectivity index (χ4v) is 2.48. The third-order valence-electron chi connectivity index (χ3n) is 3.73. The number of nitrogens with two attached hydrogens (primary N) is 1. The average molecular weight is 263 g/mol. The molecule has 19 heavy (non-hydrogen) atoms. The first-order valence-corrected chi connectivity index (χ1v) is 7.14. The summed E-state index contributed by atoms with van der Waals surface area (Å²) < 4.78 is 11.6. The number of ether oxygens (including phenoxy) is 2. The second kappa shape index (κ2) is 6.40. The van der Waals surface area contributed by atoms with Gasteiger partial charge in [-0.25, -0.2) is 0 Å². The van der Waals surface area contributed by atoms with Crippen LogP contribution in [-0.4, -0.2) is 26.4 Å². The molecule has 0 fully saturated rings. The molecule has 0 saturated heterocycles. The van der Waals surface area contributed by atoms with Crippen molar-refractivity contribution in [3.05, 3.63) is 29.8 Å². The molecule has 1 unspecified atom stereocenters. The minimum Gasteiger partial charge on any atom is -0.493 e. The highest BCUT2D eigenvalue weighted by Gasteiger charge is 2.34. The van der Waals surface area contributed by atoms with Crippen molar-refractivity contribution in [2.24, 2.45) is 17.1 Å². The first kappa shape index (κ1) is 14.4. The first-order valence-electron chi connectivity index (χ1n) is 7.14. The molecule has 0 radical (unpaired) electrons. The van der Waals surface area contributed by atoms with Gasteiger partial charge in [-0.15, -0.1) is 0 Å². The quantitative estimate of drug-likeness (QED) is 0.802. The summed E-state index contributed by atoms with van der Waals surface area (Å²) in [7, 11) is 0. The standard InChI is InChI=1S/C16H25NO2/c1-13(2)10-18-8-7-16(11-17)9-14-5-3-4-6-15(14)19-12-16/h3-6,13H,7-12,17H2,1-2H3. The van der Waals surface area contributed by atoms with E-state index in [1.165, 1.54) is 5.56 Å². The summed E-state index contributed by atoms with van der Waals surface area (Å²) >= 11 is 0. The van der Waals surface area contributed by atoms with E-state index in [2.05, 4.69) is 26.0 Å². The Morgan fingerprint density at radius 3 is 2.89 bits per heavy atom. The Morgan fingerprint density at radius 1 is 1.37 bits per heavy atom. The van der Waals surface area contributed by atoms with E-state index < -0.39 is 0 Å². The van der Waals surface area contributed by atoms with Gasteiger partial charge in [-0.1, -0.05) is 32.0 Å². The van der Waals surface area contributed by atoms with Gasteiger partial charge in [0.05, 0.1) is 6.61 Å². The Kier molecular flexibility index (Phi) is 4.83. The third-order valence-corrected chi connectivity index (χ3v) is 3.73. The maximum Gasteiger partial charge on any atom is 0.122 e. The zero-order valence-corrected chi connectivity index (χ0v) is 12.0. The Bertz CT molecular complexity index is 405. The van der Waals surface area contributed by atoms with Gasteiger partial charge < -0.3 is 15.2 Å². The Morgan fingerprint density at radius 2 is 2.16 bits per heavy atom. The van der Waals surface area contributed by atoms with Gasteiger partial charge in [0.1, 0.15) is 5.75 Å². The molecule has 1 heterocycles. The highest BCUT2D eigenvalue weighted by molar-refractivity contribution is 5.36. The summed E-state index contributed by atoms with van der Waals surface area (Å²) in [5.74, 6) is 1.59. The molecule has 3 heteroatoms. The van der Waals surface area contributed by atoms with E-state index in [4.69, 9.17) is 15.2 Å². The van der Waals surface area contributed by atoms with Crippen molar-refractivity contribution in [1.29, 1.82) is 0 Å². The van der Waals surface area contributed by atoms with E-state index in [0.717, 1.165) is 31.8 Å². The molecule has 0 aliphatic carbocycles. The van der Waals surface area contributed by atoms with Crippen LogP contribution in [0.3, 0.4) is 0 Å². The predicted octanol–water partition coefficient (Wildman–Crippen LogP) is 2.63. The molecule has 1 aliphatic rings. The summed E-state index contributed by atoms with van der Waals surface area (Å²) in [4.78, 5) is 0. The van der Waals surface area contributed by atoms with Crippen molar-refractivity contribution >= 4 is 0 Å². The monoisotopic (exact) mass is 263 g/mol. The van der Waals surface area contributed by atoms with Crippen LogP contribution in [0.2, 0.25) is 0 Å². The van der Waals surface area contributed by atoms with E-state index in [0.29, 0.717) is 19.1 Å². The molecule has 3 nitrogen and oxygen atoms in total. The van der Waals surface area contributed by atoms with Crippen molar-refractivity contribution in [3.63, 3.8) is 0 Å². The van der Waals surface area contributed by atoms with Crippen LogP contribution in [0.5, 0.6) is 5.75 Å². The maximum absolute atomic E-state index is 6.00.